The minimum atomic E-state index is -0.809. The first-order chi connectivity index (χ1) is 10.1. The van der Waals surface area contributed by atoms with Crippen LogP contribution in [0.3, 0.4) is 0 Å². The summed E-state index contributed by atoms with van der Waals surface area (Å²) < 4.78 is 0. The van der Waals surface area contributed by atoms with E-state index in [1.807, 2.05) is 4.90 Å². The molecule has 0 aromatic carbocycles. The van der Waals surface area contributed by atoms with Gasteiger partial charge in [0.15, 0.2) is 0 Å². The average Bonchev–Trinajstić information content (AvgIpc) is 3.30. The zero-order chi connectivity index (χ0) is 15.2. The first-order valence-corrected chi connectivity index (χ1v) is 7.81. The second-order valence-electron chi connectivity index (χ2n) is 5.85. The van der Waals surface area contributed by atoms with E-state index in [2.05, 4.69) is 10.6 Å². The Hall–Kier alpha value is -1.34. The van der Waals surface area contributed by atoms with Gasteiger partial charge in [-0.1, -0.05) is 0 Å². The van der Waals surface area contributed by atoms with E-state index in [1.165, 1.54) is 12.8 Å². The molecular weight excluding hydrogens is 272 g/mol. The molecule has 0 aromatic rings. The first-order valence-electron chi connectivity index (χ1n) is 7.81. The highest BCUT2D eigenvalue weighted by Crippen LogP contribution is 2.18. The standard InChI is InChI=1S/C14H26N4O3/c1-11(13(19)20)17-7-9-18(10-8-17)14(21)16-6-2-5-15-12-3-4-12/h11-12,15H,2-10H2,1H3,(H,16,21)(H,19,20). The molecule has 3 N–H and O–H groups in total. The monoisotopic (exact) mass is 298 g/mol. The highest BCUT2D eigenvalue weighted by atomic mass is 16.4. The molecular formula is C14H26N4O3. The summed E-state index contributed by atoms with van der Waals surface area (Å²) in [5, 5.41) is 15.3. The van der Waals surface area contributed by atoms with Gasteiger partial charge in [0.05, 0.1) is 0 Å². The molecule has 1 aliphatic heterocycles. The molecule has 0 aromatic heterocycles. The average molecular weight is 298 g/mol. The Morgan fingerprint density at radius 2 is 1.86 bits per heavy atom. The van der Waals surface area contributed by atoms with Gasteiger partial charge in [-0.25, -0.2) is 4.79 Å². The van der Waals surface area contributed by atoms with E-state index in [0.717, 1.165) is 13.0 Å². The van der Waals surface area contributed by atoms with Crippen LogP contribution in [0.4, 0.5) is 4.79 Å². The summed E-state index contributed by atoms with van der Waals surface area (Å²) in [4.78, 5) is 26.6. The van der Waals surface area contributed by atoms with Gasteiger partial charge in [-0.3, -0.25) is 9.69 Å². The van der Waals surface area contributed by atoms with Crippen molar-refractivity contribution in [2.24, 2.45) is 0 Å². The van der Waals surface area contributed by atoms with Crippen molar-refractivity contribution >= 4 is 12.0 Å². The number of carboxylic acids is 1. The number of aliphatic carboxylic acids is 1. The molecule has 0 bridgehead atoms. The Kier molecular flexibility index (Phi) is 5.81. The van der Waals surface area contributed by atoms with E-state index in [1.54, 1.807) is 11.8 Å². The van der Waals surface area contributed by atoms with Crippen molar-refractivity contribution in [1.82, 2.24) is 20.4 Å². The van der Waals surface area contributed by atoms with Crippen LogP contribution in [0.15, 0.2) is 0 Å². The van der Waals surface area contributed by atoms with Crippen LogP contribution in [0, 0.1) is 0 Å². The van der Waals surface area contributed by atoms with Crippen LogP contribution in [0.2, 0.25) is 0 Å². The molecule has 2 fully saturated rings. The fraction of sp³-hybridized carbons (Fsp3) is 0.857. The van der Waals surface area contributed by atoms with Crippen LogP contribution in [0.1, 0.15) is 26.2 Å². The third-order valence-electron chi connectivity index (χ3n) is 4.15. The van der Waals surface area contributed by atoms with E-state index >= 15 is 0 Å². The summed E-state index contributed by atoms with van der Waals surface area (Å²) in [5.41, 5.74) is 0. The number of piperazine rings is 1. The van der Waals surface area contributed by atoms with E-state index in [-0.39, 0.29) is 6.03 Å². The molecule has 1 heterocycles. The van der Waals surface area contributed by atoms with Crippen LogP contribution in [0.5, 0.6) is 0 Å². The Bertz CT molecular complexity index is 365. The lowest BCUT2D eigenvalue weighted by Gasteiger charge is -2.36. The number of hydrogen-bond donors (Lipinski definition) is 3. The third kappa shape index (κ3) is 5.17. The number of nitrogens with one attached hydrogen (secondary N) is 2. The van der Waals surface area contributed by atoms with E-state index < -0.39 is 12.0 Å². The summed E-state index contributed by atoms with van der Waals surface area (Å²) in [7, 11) is 0. The van der Waals surface area contributed by atoms with Gasteiger partial charge in [0, 0.05) is 38.8 Å². The largest absolute Gasteiger partial charge is 0.480 e. The number of hydrogen-bond acceptors (Lipinski definition) is 4. The van der Waals surface area contributed by atoms with Gasteiger partial charge in [-0.2, -0.15) is 0 Å². The number of rotatable bonds is 7. The van der Waals surface area contributed by atoms with Gasteiger partial charge in [-0.15, -0.1) is 0 Å². The van der Waals surface area contributed by atoms with Gasteiger partial charge in [-0.05, 0) is 32.7 Å². The van der Waals surface area contributed by atoms with Crippen molar-refractivity contribution in [3.05, 3.63) is 0 Å². The molecule has 1 unspecified atom stereocenters. The summed E-state index contributed by atoms with van der Waals surface area (Å²) in [5.74, 6) is -0.809. The second-order valence-corrected chi connectivity index (χ2v) is 5.85. The van der Waals surface area contributed by atoms with Crippen molar-refractivity contribution in [3.63, 3.8) is 0 Å². The second kappa shape index (κ2) is 7.61. The van der Waals surface area contributed by atoms with Crippen molar-refractivity contribution in [3.8, 4) is 0 Å². The van der Waals surface area contributed by atoms with E-state index in [4.69, 9.17) is 5.11 Å². The van der Waals surface area contributed by atoms with Gasteiger partial charge < -0.3 is 20.6 Å². The number of urea groups is 1. The van der Waals surface area contributed by atoms with Crippen molar-refractivity contribution < 1.29 is 14.7 Å². The first kappa shape index (κ1) is 16.0. The number of nitrogens with zero attached hydrogens (tertiary/aromatic N) is 2. The van der Waals surface area contributed by atoms with Crippen LogP contribution >= 0.6 is 0 Å². The zero-order valence-electron chi connectivity index (χ0n) is 12.7. The predicted octanol–water partition coefficient (Wildman–Crippen LogP) is -0.0712. The van der Waals surface area contributed by atoms with Gasteiger partial charge in [0.2, 0.25) is 0 Å². The third-order valence-corrected chi connectivity index (χ3v) is 4.15. The van der Waals surface area contributed by atoms with Gasteiger partial charge >= 0.3 is 12.0 Å². The zero-order valence-corrected chi connectivity index (χ0v) is 12.7. The lowest BCUT2D eigenvalue weighted by atomic mass is 10.2. The summed E-state index contributed by atoms with van der Waals surface area (Å²) in [6.07, 6.45) is 3.51. The minimum absolute atomic E-state index is 0.0379. The van der Waals surface area contributed by atoms with Crippen molar-refractivity contribution in [1.29, 1.82) is 0 Å². The normalized spacial score (nSPS) is 21.1. The van der Waals surface area contributed by atoms with Crippen LogP contribution < -0.4 is 10.6 Å². The Balaban J connectivity index is 1.57. The molecule has 7 nitrogen and oxygen atoms in total. The molecule has 1 saturated heterocycles. The van der Waals surface area contributed by atoms with Gasteiger partial charge in [0.25, 0.3) is 0 Å². The molecule has 1 saturated carbocycles. The molecule has 2 rings (SSSR count). The summed E-state index contributed by atoms with van der Waals surface area (Å²) >= 11 is 0. The van der Waals surface area contributed by atoms with Crippen molar-refractivity contribution in [2.45, 2.75) is 38.3 Å². The Morgan fingerprint density at radius 3 is 2.43 bits per heavy atom. The highest BCUT2D eigenvalue weighted by molar-refractivity contribution is 5.74. The fourth-order valence-electron chi connectivity index (χ4n) is 2.46. The maximum absolute atomic E-state index is 12.0. The molecule has 1 atom stereocenters. The smallest absolute Gasteiger partial charge is 0.320 e. The lowest BCUT2D eigenvalue weighted by molar-refractivity contribution is -0.143. The molecule has 0 radical (unpaired) electrons. The molecule has 2 aliphatic rings. The lowest BCUT2D eigenvalue weighted by Crippen LogP contribution is -2.55. The Morgan fingerprint density at radius 1 is 1.19 bits per heavy atom. The predicted molar refractivity (Wildman–Crippen MR) is 79.3 cm³/mol. The number of carbonyl (C=O) groups excluding carboxylic acids is 1. The van der Waals surface area contributed by atoms with Crippen LogP contribution in [-0.2, 0) is 4.79 Å². The van der Waals surface area contributed by atoms with Crippen LogP contribution in [0.25, 0.3) is 0 Å². The molecule has 1 aliphatic carbocycles. The van der Waals surface area contributed by atoms with Gasteiger partial charge in [0.1, 0.15) is 6.04 Å². The summed E-state index contributed by atoms with van der Waals surface area (Å²) in [6.45, 7) is 5.73. The van der Waals surface area contributed by atoms with Crippen LogP contribution in [-0.4, -0.2) is 78.3 Å². The number of carbonyl (C=O) groups is 2. The quantitative estimate of drug-likeness (QED) is 0.573. The molecule has 0 spiro atoms. The molecule has 2 amide bonds. The van der Waals surface area contributed by atoms with Crippen molar-refractivity contribution in [2.75, 3.05) is 39.3 Å². The molecule has 120 valence electrons. The number of amides is 2. The minimum Gasteiger partial charge on any atom is -0.480 e. The maximum atomic E-state index is 12.0. The SMILES string of the molecule is CC(C(=O)O)N1CCN(C(=O)NCCCNC2CC2)CC1. The summed E-state index contributed by atoms with van der Waals surface area (Å²) in [6, 6.07) is 0.192. The number of carboxylic acid groups (broad SMARTS) is 1. The Labute approximate surface area is 125 Å². The maximum Gasteiger partial charge on any atom is 0.320 e. The highest BCUT2D eigenvalue weighted by Gasteiger charge is 2.27. The molecule has 7 heteroatoms. The van der Waals surface area contributed by atoms with E-state index in [9.17, 15) is 9.59 Å². The topological polar surface area (TPSA) is 84.9 Å². The molecule has 21 heavy (non-hydrogen) atoms. The van der Waals surface area contributed by atoms with E-state index in [0.29, 0.717) is 38.8 Å². The fourth-order valence-corrected chi connectivity index (χ4v) is 2.46.